The van der Waals surface area contributed by atoms with Crippen LogP contribution < -0.4 is 5.73 Å². The van der Waals surface area contributed by atoms with E-state index in [-0.39, 0.29) is 5.75 Å². The molecule has 3 N–H and O–H groups in total. The Morgan fingerprint density at radius 1 is 0.828 bits per heavy atom. The number of furan rings is 1. The molecule has 0 saturated heterocycles. The first-order valence-corrected chi connectivity index (χ1v) is 11.3. The van der Waals surface area contributed by atoms with Crippen molar-refractivity contribution < 1.29 is 9.52 Å². The van der Waals surface area contributed by atoms with Crippen LogP contribution in [-0.4, -0.2) is 23.1 Å². The molecule has 1 aromatic heterocycles. The van der Waals surface area contributed by atoms with E-state index in [4.69, 9.17) is 10.2 Å². The largest absolute Gasteiger partial charge is 0.508 e. The van der Waals surface area contributed by atoms with Gasteiger partial charge in [-0.3, -0.25) is 4.90 Å². The third kappa shape index (κ3) is 5.66. The molecule has 0 fully saturated rings. The molecule has 0 atom stereocenters. The van der Waals surface area contributed by atoms with Crippen molar-refractivity contribution in [1.82, 2.24) is 4.90 Å². The van der Waals surface area contributed by atoms with Gasteiger partial charge in [-0.05, 0) is 49.7 Å². The van der Waals surface area contributed by atoms with Gasteiger partial charge in [0.05, 0.1) is 0 Å². The molecule has 0 saturated carbocycles. The molecule has 0 aliphatic heterocycles. The van der Waals surface area contributed by atoms with Gasteiger partial charge in [-0.2, -0.15) is 0 Å². The molecule has 3 rings (SSSR count). The van der Waals surface area contributed by atoms with Crippen molar-refractivity contribution in [2.24, 2.45) is 0 Å². The maximum Gasteiger partial charge on any atom is 0.139 e. The minimum absolute atomic E-state index is 0.218. The van der Waals surface area contributed by atoms with E-state index < -0.39 is 0 Å². The molecular weight excluding hydrogens is 360 g/mol. The van der Waals surface area contributed by atoms with Crippen LogP contribution in [0.15, 0.2) is 34.7 Å². The van der Waals surface area contributed by atoms with E-state index in [0.717, 1.165) is 41.7 Å². The van der Waals surface area contributed by atoms with Gasteiger partial charge < -0.3 is 15.3 Å². The zero-order valence-corrected chi connectivity index (χ0v) is 18.0. The first kappa shape index (κ1) is 21.5. The third-order valence-corrected chi connectivity index (χ3v) is 5.77. The number of rotatable bonds is 12. The molecule has 2 aromatic carbocycles. The Labute approximate surface area is 174 Å². The van der Waals surface area contributed by atoms with E-state index in [1.165, 1.54) is 56.9 Å². The Balaban J connectivity index is 1.78. The number of unbranched alkanes of at least 4 members (excludes halogenated alkanes) is 6. The van der Waals surface area contributed by atoms with Crippen LogP contribution in [0.25, 0.3) is 21.9 Å². The Morgan fingerprint density at radius 2 is 1.48 bits per heavy atom. The fourth-order valence-corrected chi connectivity index (χ4v) is 4.04. The van der Waals surface area contributed by atoms with Gasteiger partial charge in [-0.15, -0.1) is 0 Å². The number of nitrogens with two attached hydrogens (primary N) is 1. The van der Waals surface area contributed by atoms with Gasteiger partial charge in [0.2, 0.25) is 0 Å². The van der Waals surface area contributed by atoms with Crippen LogP contribution in [0.2, 0.25) is 0 Å². The summed E-state index contributed by atoms with van der Waals surface area (Å²) < 4.78 is 5.90. The van der Waals surface area contributed by atoms with Crippen LogP contribution in [0.1, 0.15) is 70.8 Å². The fourth-order valence-electron chi connectivity index (χ4n) is 4.04. The highest BCUT2D eigenvalue weighted by Crippen LogP contribution is 2.34. The summed E-state index contributed by atoms with van der Waals surface area (Å²) in [4.78, 5) is 2.57. The minimum atomic E-state index is 0.218. The molecule has 158 valence electrons. The molecule has 4 nitrogen and oxygen atoms in total. The van der Waals surface area contributed by atoms with Crippen molar-refractivity contribution in [3.63, 3.8) is 0 Å². The fraction of sp³-hybridized carbons (Fsp3) is 0.520. The topological polar surface area (TPSA) is 62.6 Å². The van der Waals surface area contributed by atoms with Gasteiger partial charge in [-0.25, -0.2) is 0 Å². The average Bonchev–Trinajstić information content (AvgIpc) is 3.04. The molecule has 3 aromatic rings. The van der Waals surface area contributed by atoms with E-state index in [1.807, 2.05) is 12.1 Å². The van der Waals surface area contributed by atoms with E-state index in [9.17, 15) is 5.11 Å². The van der Waals surface area contributed by atoms with Gasteiger partial charge in [0, 0.05) is 35.1 Å². The van der Waals surface area contributed by atoms with Crippen molar-refractivity contribution in [2.45, 2.75) is 71.8 Å². The maximum absolute atomic E-state index is 9.73. The summed E-state index contributed by atoms with van der Waals surface area (Å²) >= 11 is 0. The second kappa shape index (κ2) is 10.5. The van der Waals surface area contributed by atoms with Gasteiger partial charge in [0.15, 0.2) is 0 Å². The first-order chi connectivity index (χ1) is 14.1. The molecule has 1 heterocycles. The third-order valence-electron chi connectivity index (χ3n) is 5.77. The number of phenols is 1. The zero-order valence-electron chi connectivity index (χ0n) is 18.0. The minimum Gasteiger partial charge on any atom is -0.508 e. The predicted molar refractivity (Wildman–Crippen MR) is 123 cm³/mol. The van der Waals surface area contributed by atoms with Gasteiger partial charge in [-0.1, -0.05) is 52.4 Å². The molecule has 4 heteroatoms. The lowest BCUT2D eigenvalue weighted by molar-refractivity contribution is 0.253. The highest BCUT2D eigenvalue weighted by molar-refractivity contribution is 6.06. The number of hydrogen-bond acceptors (Lipinski definition) is 4. The van der Waals surface area contributed by atoms with E-state index in [0.29, 0.717) is 5.58 Å². The lowest BCUT2D eigenvalue weighted by Gasteiger charge is -2.23. The molecule has 0 spiro atoms. The SMILES string of the molecule is CCCCCCN(CCCCCC)Cc1cc2c(cc1N)oc1cc(O)ccc12. The van der Waals surface area contributed by atoms with E-state index in [1.54, 1.807) is 12.1 Å². The monoisotopic (exact) mass is 396 g/mol. The number of nitrogen functional groups attached to an aromatic ring is 1. The summed E-state index contributed by atoms with van der Waals surface area (Å²) in [6.45, 7) is 7.65. The van der Waals surface area contributed by atoms with Gasteiger partial charge in [0.1, 0.15) is 16.9 Å². The summed E-state index contributed by atoms with van der Waals surface area (Å²) in [5, 5.41) is 11.8. The summed E-state index contributed by atoms with van der Waals surface area (Å²) in [5.74, 6) is 0.218. The predicted octanol–water partition coefficient (Wildman–Crippen LogP) is 6.84. The highest BCUT2D eigenvalue weighted by Gasteiger charge is 2.14. The van der Waals surface area contributed by atoms with Crippen LogP contribution in [0.3, 0.4) is 0 Å². The summed E-state index contributed by atoms with van der Waals surface area (Å²) in [6.07, 6.45) is 10.2. The second-order valence-electron chi connectivity index (χ2n) is 8.23. The van der Waals surface area contributed by atoms with Crippen molar-refractivity contribution in [3.05, 3.63) is 35.9 Å². The zero-order chi connectivity index (χ0) is 20.6. The van der Waals surface area contributed by atoms with Crippen LogP contribution in [0.5, 0.6) is 5.75 Å². The van der Waals surface area contributed by atoms with E-state index >= 15 is 0 Å². The van der Waals surface area contributed by atoms with Gasteiger partial charge >= 0.3 is 0 Å². The smallest absolute Gasteiger partial charge is 0.139 e. The van der Waals surface area contributed by atoms with Crippen LogP contribution in [0, 0.1) is 0 Å². The summed E-state index contributed by atoms with van der Waals surface area (Å²) in [5.41, 5.74) is 9.84. The first-order valence-electron chi connectivity index (χ1n) is 11.3. The molecule has 29 heavy (non-hydrogen) atoms. The Kier molecular flexibility index (Phi) is 7.82. The second-order valence-corrected chi connectivity index (χ2v) is 8.23. The number of anilines is 1. The molecule has 0 amide bonds. The van der Waals surface area contributed by atoms with Crippen molar-refractivity contribution in [3.8, 4) is 5.75 Å². The normalized spacial score (nSPS) is 11.8. The number of benzene rings is 2. The lowest BCUT2D eigenvalue weighted by Crippen LogP contribution is -2.26. The number of hydrogen-bond donors (Lipinski definition) is 2. The number of nitrogens with zero attached hydrogens (tertiary/aromatic N) is 1. The van der Waals surface area contributed by atoms with Crippen LogP contribution in [-0.2, 0) is 6.54 Å². The summed E-state index contributed by atoms with van der Waals surface area (Å²) in [7, 11) is 0. The number of fused-ring (bicyclic) bond motifs is 3. The Hall–Kier alpha value is -2.20. The van der Waals surface area contributed by atoms with Crippen molar-refractivity contribution >= 4 is 27.6 Å². The van der Waals surface area contributed by atoms with Crippen molar-refractivity contribution in [1.29, 1.82) is 0 Å². The maximum atomic E-state index is 9.73. The molecule has 0 bridgehead atoms. The Morgan fingerprint density at radius 3 is 2.14 bits per heavy atom. The molecule has 0 unspecified atom stereocenters. The molecule has 0 aliphatic carbocycles. The molecular formula is C25H36N2O2. The quantitative estimate of drug-likeness (QED) is 0.260. The Bertz CT molecular complexity index is 904. The van der Waals surface area contributed by atoms with Crippen LogP contribution in [0.4, 0.5) is 5.69 Å². The average molecular weight is 397 g/mol. The van der Waals surface area contributed by atoms with Gasteiger partial charge in [0.25, 0.3) is 0 Å². The van der Waals surface area contributed by atoms with E-state index in [2.05, 4.69) is 24.8 Å². The number of aromatic hydroxyl groups is 1. The van der Waals surface area contributed by atoms with Crippen molar-refractivity contribution in [2.75, 3.05) is 18.8 Å². The summed E-state index contributed by atoms with van der Waals surface area (Å²) in [6, 6.07) is 9.41. The molecule has 0 aliphatic rings. The standard InChI is InChI=1S/C25H36N2O2/c1-3-5-7-9-13-27(14-10-8-6-4-2)18-19-15-22-21-12-11-20(28)16-24(21)29-25(22)17-23(19)26/h11-12,15-17,28H,3-10,13-14,18,26H2,1-2H3. The lowest BCUT2D eigenvalue weighted by atomic mass is 10.1. The number of phenolic OH excluding ortho intramolecular Hbond substituents is 1. The highest BCUT2D eigenvalue weighted by atomic mass is 16.3. The van der Waals surface area contributed by atoms with Crippen LogP contribution >= 0.6 is 0 Å². The molecule has 0 radical (unpaired) electrons.